The lowest BCUT2D eigenvalue weighted by molar-refractivity contribution is 0.0756. The number of nitrogens with zero attached hydrogens (tertiary/aromatic N) is 2. The van der Waals surface area contributed by atoms with E-state index in [1.807, 2.05) is 17.5 Å². The highest BCUT2D eigenvalue weighted by molar-refractivity contribution is 7.91. The van der Waals surface area contributed by atoms with Crippen LogP contribution in [0.5, 0.6) is 0 Å². The molecule has 1 aromatic carbocycles. The highest BCUT2D eigenvalue weighted by atomic mass is 32.2. The van der Waals surface area contributed by atoms with Crippen LogP contribution in [0.1, 0.15) is 27.7 Å². The van der Waals surface area contributed by atoms with Crippen molar-refractivity contribution in [3.8, 4) is 10.6 Å². The molecule has 2 aromatic heterocycles. The van der Waals surface area contributed by atoms with Crippen molar-refractivity contribution in [1.82, 2.24) is 10.1 Å². The lowest BCUT2D eigenvalue weighted by Gasteiger charge is -2.18. The second-order valence-corrected chi connectivity index (χ2v) is 9.76. The molecular formula is C19H17FN2O4S2. The quantitative estimate of drug-likeness (QED) is 0.647. The number of carbonyl (C=O) groups excluding carboxylic acids is 1. The van der Waals surface area contributed by atoms with Gasteiger partial charge in [0.25, 0.3) is 5.91 Å². The molecule has 1 aliphatic rings. The van der Waals surface area contributed by atoms with Gasteiger partial charge in [-0.05, 0) is 23.9 Å². The molecule has 0 saturated carbocycles. The third kappa shape index (κ3) is 3.59. The molecule has 6 nitrogen and oxygen atoms in total. The fourth-order valence-electron chi connectivity index (χ4n) is 3.31. The smallest absolute Gasteiger partial charge is 0.276 e. The number of halogens is 1. The fraction of sp³-hybridized carbons (Fsp3) is 0.263. The molecule has 0 bridgehead atoms. The molecule has 146 valence electrons. The van der Waals surface area contributed by atoms with Gasteiger partial charge in [-0.3, -0.25) is 4.79 Å². The van der Waals surface area contributed by atoms with Crippen LogP contribution in [0.15, 0.2) is 52.4 Å². The van der Waals surface area contributed by atoms with Crippen molar-refractivity contribution in [1.29, 1.82) is 0 Å². The van der Waals surface area contributed by atoms with Crippen molar-refractivity contribution in [2.24, 2.45) is 0 Å². The summed E-state index contributed by atoms with van der Waals surface area (Å²) in [7, 11) is -3.59. The van der Waals surface area contributed by atoms with Crippen LogP contribution >= 0.6 is 11.3 Å². The summed E-state index contributed by atoms with van der Waals surface area (Å²) in [5.41, 5.74) is 0.281. The van der Waals surface area contributed by atoms with Crippen molar-refractivity contribution < 1.29 is 22.1 Å². The van der Waals surface area contributed by atoms with Gasteiger partial charge in [0.2, 0.25) is 0 Å². The molecule has 4 rings (SSSR count). The van der Waals surface area contributed by atoms with E-state index in [1.165, 1.54) is 34.4 Å². The maximum Gasteiger partial charge on any atom is 0.276 e. The Bertz CT molecular complexity index is 1090. The maximum absolute atomic E-state index is 14.1. The maximum atomic E-state index is 14.1. The van der Waals surface area contributed by atoms with Gasteiger partial charge in [0.15, 0.2) is 21.3 Å². The molecule has 3 aromatic rings. The summed E-state index contributed by atoms with van der Waals surface area (Å²) in [6.07, 6.45) is 0.130. The van der Waals surface area contributed by atoms with Crippen molar-refractivity contribution in [2.75, 3.05) is 18.8 Å². The van der Waals surface area contributed by atoms with Gasteiger partial charge in [0, 0.05) is 24.7 Å². The molecule has 0 unspecified atom stereocenters. The summed E-state index contributed by atoms with van der Waals surface area (Å²) in [6.45, 7) is 0.228. The zero-order chi connectivity index (χ0) is 19.7. The molecule has 3 heterocycles. The van der Waals surface area contributed by atoms with Crippen LogP contribution in [0.25, 0.3) is 10.6 Å². The molecule has 0 aliphatic carbocycles. The van der Waals surface area contributed by atoms with Crippen LogP contribution in [-0.4, -0.2) is 43.2 Å². The Kier molecular flexibility index (Phi) is 5.03. The number of thiophene rings is 1. The normalized spacial score (nSPS) is 19.3. The van der Waals surface area contributed by atoms with Crippen molar-refractivity contribution >= 4 is 27.1 Å². The van der Waals surface area contributed by atoms with Crippen LogP contribution < -0.4 is 0 Å². The molecule has 9 heteroatoms. The second kappa shape index (κ2) is 7.48. The van der Waals surface area contributed by atoms with E-state index in [-0.39, 0.29) is 36.5 Å². The third-order valence-corrected chi connectivity index (χ3v) is 7.77. The van der Waals surface area contributed by atoms with Gasteiger partial charge < -0.3 is 9.42 Å². The number of rotatable bonds is 3. The number of hydrogen-bond donors (Lipinski definition) is 0. The first kappa shape index (κ1) is 18.8. The Hall–Kier alpha value is -2.52. The summed E-state index contributed by atoms with van der Waals surface area (Å²) in [4.78, 5) is 15.1. The summed E-state index contributed by atoms with van der Waals surface area (Å²) in [6, 6.07) is 11.2. The number of aromatic nitrogens is 1. The molecular weight excluding hydrogens is 403 g/mol. The van der Waals surface area contributed by atoms with Crippen molar-refractivity contribution in [3.63, 3.8) is 0 Å². The van der Waals surface area contributed by atoms with E-state index in [1.54, 1.807) is 12.1 Å². The fourth-order valence-corrected chi connectivity index (χ4v) is 5.78. The number of benzene rings is 1. The summed E-state index contributed by atoms with van der Waals surface area (Å²) < 4.78 is 44.7. The zero-order valence-electron chi connectivity index (χ0n) is 14.7. The monoisotopic (exact) mass is 420 g/mol. The predicted octanol–water partition coefficient (Wildman–Crippen LogP) is 3.54. The van der Waals surface area contributed by atoms with Crippen molar-refractivity contribution in [3.05, 3.63) is 64.9 Å². The molecule has 1 aliphatic heterocycles. The Morgan fingerprint density at radius 2 is 2.04 bits per heavy atom. The number of amides is 1. The van der Waals surface area contributed by atoms with Gasteiger partial charge in [0.1, 0.15) is 5.82 Å². The first-order valence-electron chi connectivity index (χ1n) is 8.71. The van der Waals surface area contributed by atoms with E-state index >= 15 is 0 Å². The minimum atomic E-state index is -3.59. The largest absolute Gasteiger partial charge is 0.355 e. The first-order valence-corrected chi connectivity index (χ1v) is 11.3. The van der Waals surface area contributed by atoms with E-state index in [2.05, 4.69) is 5.16 Å². The van der Waals surface area contributed by atoms with E-state index in [0.717, 1.165) is 4.88 Å². The van der Waals surface area contributed by atoms with Gasteiger partial charge in [-0.25, -0.2) is 12.8 Å². The van der Waals surface area contributed by atoms with Crippen LogP contribution in [0.3, 0.4) is 0 Å². The minimum absolute atomic E-state index is 0.0350. The average molecular weight is 420 g/mol. The molecule has 28 heavy (non-hydrogen) atoms. The Balaban J connectivity index is 1.55. The van der Waals surface area contributed by atoms with E-state index in [9.17, 15) is 17.6 Å². The third-order valence-electron chi connectivity index (χ3n) is 4.77. The molecule has 1 saturated heterocycles. The lowest BCUT2D eigenvalue weighted by Crippen LogP contribution is -2.33. The van der Waals surface area contributed by atoms with E-state index in [4.69, 9.17) is 4.52 Å². The standard InChI is InChI=1S/C19H17FN2O4S2/c20-14-5-2-1-4-13(14)18-7-8-22(9-11-28(18,24)25)19(23)15-12-16(26-21-15)17-6-3-10-27-17/h1-6,10,12,18H,7-9,11H2/t18-/m0/s1. The molecule has 0 spiro atoms. The van der Waals surface area contributed by atoms with Crippen molar-refractivity contribution in [2.45, 2.75) is 11.7 Å². The van der Waals surface area contributed by atoms with Gasteiger partial charge >= 0.3 is 0 Å². The lowest BCUT2D eigenvalue weighted by atomic mass is 10.1. The van der Waals surface area contributed by atoms with Gasteiger partial charge in [-0.15, -0.1) is 11.3 Å². The molecule has 1 atom stereocenters. The highest BCUT2D eigenvalue weighted by Crippen LogP contribution is 2.32. The predicted molar refractivity (Wildman–Crippen MR) is 103 cm³/mol. The Morgan fingerprint density at radius 1 is 1.21 bits per heavy atom. The van der Waals surface area contributed by atoms with Gasteiger partial charge in [-0.1, -0.05) is 29.4 Å². The number of carbonyl (C=O) groups is 1. The van der Waals surface area contributed by atoms with E-state index in [0.29, 0.717) is 5.76 Å². The molecule has 0 N–H and O–H groups in total. The number of hydrogen-bond acceptors (Lipinski definition) is 6. The van der Waals surface area contributed by atoms with Gasteiger partial charge in [-0.2, -0.15) is 0 Å². The molecule has 1 amide bonds. The average Bonchev–Trinajstić information content (AvgIpc) is 3.33. The molecule has 0 radical (unpaired) electrons. The minimum Gasteiger partial charge on any atom is -0.355 e. The number of sulfone groups is 1. The van der Waals surface area contributed by atoms with Gasteiger partial charge in [0.05, 0.1) is 15.9 Å². The van der Waals surface area contributed by atoms with Crippen LogP contribution in [-0.2, 0) is 9.84 Å². The first-order chi connectivity index (χ1) is 13.5. The van der Waals surface area contributed by atoms with Crippen LogP contribution in [0.4, 0.5) is 4.39 Å². The topological polar surface area (TPSA) is 80.5 Å². The molecule has 1 fully saturated rings. The van der Waals surface area contributed by atoms with Crippen LogP contribution in [0.2, 0.25) is 0 Å². The van der Waals surface area contributed by atoms with Crippen LogP contribution in [0, 0.1) is 5.82 Å². The summed E-state index contributed by atoms with van der Waals surface area (Å²) in [5.74, 6) is -0.679. The Labute approximate surface area is 165 Å². The zero-order valence-corrected chi connectivity index (χ0v) is 16.4. The second-order valence-electron chi connectivity index (χ2n) is 6.51. The summed E-state index contributed by atoms with van der Waals surface area (Å²) >= 11 is 1.47. The Morgan fingerprint density at radius 3 is 2.79 bits per heavy atom. The highest BCUT2D eigenvalue weighted by Gasteiger charge is 2.34. The van der Waals surface area contributed by atoms with E-state index < -0.39 is 26.8 Å². The SMILES string of the molecule is O=C(c1cc(-c2cccs2)on1)N1CC[C@@H](c2ccccc2F)S(=O)(=O)CC1. The summed E-state index contributed by atoms with van der Waals surface area (Å²) in [5, 5.41) is 4.76.